The Morgan fingerprint density at radius 1 is 1.64 bits per heavy atom. The predicted octanol–water partition coefficient (Wildman–Crippen LogP) is 0.357. The Morgan fingerprint density at radius 3 is 3.00 bits per heavy atom. The van der Waals surface area contributed by atoms with Gasteiger partial charge < -0.3 is 9.47 Å². The van der Waals surface area contributed by atoms with E-state index in [0.717, 1.165) is 6.42 Å². The molecular formula is C10H12O4. The van der Waals surface area contributed by atoms with Crippen LogP contribution in [0.4, 0.5) is 0 Å². The number of hydrogen-bond acceptors (Lipinski definition) is 4. The predicted molar refractivity (Wildman–Crippen MR) is 45.1 cm³/mol. The average molecular weight is 196 g/mol. The highest BCUT2D eigenvalue weighted by Crippen LogP contribution is 2.65. The summed E-state index contributed by atoms with van der Waals surface area (Å²) in [7, 11) is 0. The molecular weight excluding hydrogens is 184 g/mol. The molecule has 0 aromatic rings. The molecule has 2 aliphatic carbocycles. The van der Waals surface area contributed by atoms with Crippen molar-refractivity contribution in [2.24, 2.45) is 23.7 Å². The fraction of sp³-hybridized carbons (Fsp3) is 0.800. The molecule has 0 amide bonds. The van der Waals surface area contributed by atoms with E-state index in [1.54, 1.807) is 0 Å². The second-order valence-corrected chi connectivity index (χ2v) is 4.44. The van der Waals surface area contributed by atoms with E-state index in [9.17, 15) is 9.59 Å². The van der Waals surface area contributed by atoms with E-state index in [1.165, 1.54) is 6.92 Å². The van der Waals surface area contributed by atoms with Gasteiger partial charge in [-0.3, -0.25) is 9.59 Å². The van der Waals surface area contributed by atoms with Gasteiger partial charge in [0.05, 0.1) is 12.5 Å². The molecule has 0 radical (unpaired) electrons. The Morgan fingerprint density at radius 2 is 2.43 bits per heavy atom. The molecule has 0 aromatic carbocycles. The Kier molecular flexibility index (Phi) is 1.47. The van der Waals surface area contributed by atoms with Crippen molar-refractivity contribution in [2.45, 2.75) is 19.4 Å². The molecule has 2 aliphatic heterocycles. The third-order valence-corrected chi connectivity index (χ3v) is 3.72. The second-order valence-electron chi connectivity index (χ2n) is 4.44. The molecule has 0 N–H and O–H groups in total. The summed E-state index contributed by atoms with van der Waals surface area (Å²) in [5.41, 5.74) is 0. The van der Waals surface area contributed by atoms with Gasteiger partial charge in [0.2, 0.25) is 0 Å². The van der Waals surface area contributed by atoms with Crippen LogP contribution in [0.3, 0.4) is 0 Å². The van der Waals surface area contributed by atoms with E-state index < -0.39 is 0 Å². The molecule has 2 heterocycles. The van der Waals surface area contributed by atoms with Crippen LogP contribution in [0.5, 0.6) is 0 Å². The lowest BCUT2D eigenvalue weighted by atomic mass is 9.95. The average Bonchev–Trinajstić information content (AvgIpc) is 2.73. The SMILES string of the molecule is CC(=O)OCC1C2CC3C(C(=O)O2)C13. The van der Waals surface area contributed by atoms with E-state index in [2.05, 4.69) is 0 Å². The van der Waals surface area contributed by atoms with E-state index in [1.807, 2.05) is 0 Å². The van der Waals surface area contributed by atoms with E-state index in [0.29, 0.717) is 18.4 Å². The van der Waals surface area contributed by atoms with Gasteiger partial charge in [-0.1, -0.05) is 0 Å². The zero-order chi connectivity index (χ0) is 9.87. The van der Waals surface area contributed by atoms with Crippen LogP contribution in [0.15, 0.2) is 0 Å². The molecule has 4 rings (SSSR count). The highest BCUT2D eigenvalue weighted by Gasteiger charge is 2.70. The van der Waals surface area contributed by atoms with Crippen molar-refractivity contribution in [3.05, 3.63) is 0 Å². The van der Waals surface area contributed by atoms with Crippen molar-refractivity contribution in [2.75, 3.05) is 6.61 Å². The first-order valence-electron chi connectivity index (χ1n) is 5.02. The molecule has 4 bridgehead atoms. The molecule has 14 heavy (non-hydrogen) atoms. The van der Waals surface area contributed by atoms with Gasteiger partial charge in [-0.15, -0.1) is 0 Å². The minimum Gasteiger partial charge on any atom is -0.465 e. The highest BCUT2D eigenvalue weighted by molar-refractivity contribution is 5.79. The van der Waals surface area contributed by atoms with Crippen LogP contribution >= 0.6 is 0 Å². The van der Waals surface area contributed by atoms with Gasteiger partial charge >= 0.3 is 11.9 Å². The lowest BCUT2D eigenvalue weighted by Crippen LogP contribution is -2.37. The van der Waals surface area contributed by atoms with Gasteiger partial charge in [-0.2, -0.15) is 0 Å². The first-order valence-corrected chi connectivity index (χ1v) is 5.02. The first kappa shape index (κ1) is 8.26. The molecule has 4 fully saturated rings. The van der Waals surface area contributed by atoms with Crippen LogP contribution in [0.2, 0.25) is 0 Å². The van der Waals surface area contributed by atoms with Crippen LogP contribution in [0.25, 0.3) is 0 Å². The van der Waals surface area contributed by atoms with Gasteiger partial charge in [-0.05, 0) is 18.3 Å². The standard InChI is InChI=1S/C10H12O4/c1-4(11)13-3-6-7-2-5-8(6)9(5)10(12)14-7/h5-9H,2-3H2,1H3. The van der Waals surface area contributed by atoms with Gasteiger partial charge in [0.15, 0.2) is 0 Å². The molecule has 5 unspecified atom stereocenters. The van der Waals surface area contributed by atoms with Crippen LogP contribution < -0.4 is 0 Å². The zero-order valence-corrected chi connectivity index (χ0v) is 7.93. The zero-order valence-electron chi connectivity index (χ0n) is 7.93. The second kappa shape index (κ2) is 2.49. The van der Waals surface area contributed by atoms with Gasteiger partial charge in [-0.25, -0.2) is 0 Å². The molecule has 4 aliphatic rings. The summed E-state index contributed by atoms with van der Waals surface area (Å²) in [4.78, 5) is 21.9. The molecule has 76 valence electrons. The summed E-state index contributed by atoms with van der Waals surface area (Å²) in [6.45, 7) is 1.83. The number of carbonyl (C=O) groups is 2. The summed E-state index contributed by atoms with van der Waals surface area (Å²) in [5, 5.41) is 0. The quantitative estimate of drug-likeness (QED) is 0.598. The molecule has 2 saturated heterocycles. The van der Waals surface area contributed by atoms with Gasteiger partial charge in [0.1, 0.15) is 6.10 Å². The highest BCUT2D eigenvalue weighted by atomic mass is 16.6. The van der Waals surface area contributed by atoms with Crippen LogP contribution in [0, 0.1) is 23.7 Å². The minimum absolute atomic E-state index is 0.0156. The molecule has 0 spiro atoms. The smallest absolute Gasteiger partial charge is 0.309 e. The topological polar surface area (TPSA) is 52.6 Å². The minimum atomic E-state index is -0.253. The number of fused-ring (bicyclic) bond motifs is 1. The number of esters is 2. The Bertz CT molecular complexity index is 309. The Balaban J connectivity index is 1.68. The lowest BCUT2D eigenvalue weighted by molar-refractivity contribution is -0.166. The van der Waals surface area contributed by atoms with Gasteiger partial charge in [0.25, 0.3) is 0 Å². The molecule has 4 nitrogen and oxygen atoms in total. The van der Waals surface area contributed by atoms with Crippen molar-refractivity contribution < 1.29 is 19.1 Å². The summed E-state index contributed by atoms with van der Waals surface area (Å²) in [6, 6.07) is 0. The lowest BCUT2D eigenvalue weighted by Gasteiger charge is -2.28. The number of hydrogen-bond donors (Lipinski definition) is 0. The van der Waals surface area contributed by atoms with Crippen molar-refractivity contribution in [1.29, 1.82) is 0 Å². The summed E-state index contributed by atoms with van der Waals surface area (Å²) >= 11 is 0. The third-order valence-electron chi connectivity index (χ3n) is 3.72. The summed E-state index contributed by atoms with van der Waals surface area (Å²) < 4.78 is 10.2. The Labute approximate surface area is 81.6 Å². The number of rotatable bonds is 2. The molecule has 5 atom stereocenters. The Hall–Kier alpha value is -1.06. The van der Waals surface area contributed by atoms with Crippen molar-refractivity contribution in [1.82, 2.24) is 0 Å². The number of ether oxygens (including phenoxy) is 2. The summed E-state index contributed by atoms with van der Waals surface area (Å²) in [5.74, 6) is 1.08. The van der Waals surface area contributed by atoms with E-state index >= 15 is 0 Å². The van der Waals surface area contributed by atoms with Crippen molar-refractivity contribution in [3.8, 4) is 0 Å². The number of carbonyl (C=O) groups excluding carboxylic acids is 2. The first-order chi connectivity index (χ1) is 6.68. The van der Waals surface area contributed by atoms with Crippen molar-refractivity contribution in [3.63, 3.8) is 0 Å². The normalized spacial score (nSPS) is 47.2. The van der Waals surface area contributed by atoms with Crippen molar-refractivity contribution >= 4 is 11.9 Å². The molecule has 0 aromatic heterocycles. The molecule has 4 heteroatoms. The monoisotopic (exact) mass is 196 g/mol. The maximum Gasteiger partial charge on any atom is 0.309 e. The fourth-order valence-corrected chi connectivity index (χ4v) is 3.11. The molecule has 2 saturated carbocycles. The van der Waals surface area contributed by atoms with Crippen LogP contribution in [-0.2, 0) is 19.1 Å². The maximum absolute atomic E-state index is 11.2. The summed E-state index contributed by atoms with van der Waals surface area (Å²) in [6.07, 6.45) is 0.995. The fourth-order valence-electron chi connectivity index (χ4n) is 3.11. The van der Waals surface area contributed by atoms with Gasteiger partial charge in [0, 0.05) is 12.8 Å². The van der Waals surface area contributed by atoms with Crippen LogP contribution in [-0.4, -0.2) is 24.6 Å². The largest absolute Gasteiger partial charge is 0.465 e. The maximum atomic E-state index is 11.2. The van der Waals surface area contributed by atoms with E-state index in [4.69, 9.17) is 9.47 Å². The van der Waals surface area contributed by atoms with E-state index in [-0.39, 0.29) is 29.9 Å². The van der Waals surface area contributed by atoms with Crippen LogP contribution in [0.1, 0.15) is 13.3 Å². The third kappa shape index (κ3) is 0.938.